The fourth-order valence-corrected chi connectivity index (χ4v) is 3.27. The number of nitrogens with zero attached hydrogens (tertiary/aromatic N) is 3. The van der Waals surface area contributed by atoms with Gasteiger partial charge in [-0.2, -0.15) is 0 Å². The Morgan fingerprint density at radius 2 is 1.93 bits per heavy atom. The number of aromatic nitrogens is 1. The highest BCUT2D eigenvalue weighted by Crippen LogP contribution is 2.20. The van der Waals surface area contributed by atoms with Crippen LogP contribution in [-0.2, 0) is 4.74 Å². The average molecular weight is 368 g/mol. The van der Waals surface area contributed by atoms with Gasteiger partial charge >= 0.3 is 0 Å². The number of amides is 1. The number of rotatable bonds is 7. The maximum atomic E-state index is 12.3. The SMILES string of the molecule is COCCCNC(=O)c1ccnc(N2CCN(c3cccc(C)c3)CC2)c1. The number of methoxy groups -OCH3 is 1. The molecular weight excluding hydrogens is 340 g/mol. The normalized spacial score (nSPS) is 14.3. The summed E-state index contributed by atoms with van der Waals surface area (Å²) >= 11 is 0. The number of nitrogens with one attached hydrogen (secondary N) is 1. The molecule has 0 unspecified atom stereocenters. The van der Waals surface area contributed by atoms with Gasteiger partial charge in [0.05, 0.1) is 0 Å². The summed E-state index contributed by atoms with van der Waals surface area (Å²) in [5, 5.41) is 2.92. The molecule has 0 spiro atoms. The second-order valence-corrected chi connectivity index (χ2v) is 6.82. The molecule has 144 valence electrons. The summed E-state index contributed by atoms with van der Waals surface area (Å²) in [5.41, 5.74) is 3.20. The van der Waals surface area contributed by atoms with Crippen molar-refractivity contribution in [2.45, 2.75) is 13.3 Å². The zero-order valence-electron chi connectivity index (χ0n) is 16.1. The van der Waals surface area contributed by atoms with Crippen molar-refractivity contribution in [1.29, 1.82) is 0 Å². The van der Waals surface area contributed by atoms with Gasteiger partial charge in [-0.3, -0.25) is 4.79 Å². The standard InChI is InChI=1S/C21H28N4O2/c1-17-5-3-6-19(15-17)24-10-12-25(13-11-24)20-16-18(7-9-22-20)21(26)23-8-4-14-27-2/h3,5-7,9,15-16H,4,8,10-14H2,1-2H3,(H,23,26). The van der Waals surface area contributed by atoms with Crippen LogP contribution < -0.4 is 15.1 Å². The van der Waals surface area contributed by atoms with Crippen molar-refractivity contribution in [3.05, 3.63) is 53.7 Å². The number of hydrogen-bond acceptors (Lipinski definition) is 5. The van der Waals surface area contributed by atoms with Gasteiger partial charge < -0.3 is 19.9 Å². The van der Waals surface area contributed by atoms with Crippen LogP contribution in [0.2, 0.25) is 0 Å². The molecule has 0 radical (unpaired) electrons. The van der Waals surface area contributed by atoms with E-state index in [1.807, 2.05) is 6.07 Å². The van der Waals surface area contributed by atoms with Crippen molar-refractivity contribution < 1.29 is 9.53 Å². The van der Waals surface area contributed by atoms with Crippen LogP contribution in [-0.4, -0.2) is 57.3 Å². The number of pyridine rings is 1. The fraction of sp³-hybridized carbons (Fsp3) is 0.429. The lowest BCUT2D eigenvalue weighted by atomic mass is 10.2. The molecule has 3 rings (SSSR count). The number of anilines is 2. The van der Waals surface area contributed by atoms with Crippen LogP contribution >= 0.6 is 0 Å². The maximum absolute atomic E-state index is 12.3. The van der Waals surface area contributed by atoms with Gasteiger partial charge in [0.25, 0.3) is 5.91 Å². The van der Waals surface area contributed by atoms with Crippen molar-refractivity contribution >= 4 is 17.4 Å². The summed E-state index contributed by atoms with van der Waals surface area (Å²) in [6.45, 7) is 7.04. The van der Waals surface area contributed by atoms with E-state index in [-0.39, 0.29) is 5.91 Å². The van der Waals surface area contributed by atoms with Crippen LogP contribution in [0.25, 0.3) is 0 Å². The van der Waals surface area contributed by atoms with Crippen molar-refractivity contribution in [1.82, 2.24) is 10.3 Å². The second-order valence-electron chi connectivity index (χ2n) is 6.82. The molecule has 1 saturated heterocycles. The molecule has 1 aliphatic rings. The summed E-state index contributed by atoms with van der Waals surface area (Å²) < 4.78 is 5.00. The lowest BCUT2D eigenvalue weighted by Gasteiger charge is -2.37. The Morgan fingerprint density at radius 3 is 2.67 bits per heavy atom. The molecule has 6 nitrogen and oxygen atoms in total. The first kappa shape index (κ1) is 19.2. The first-order valence-electron chi connectivity index (χ1n) is 9.47. The molecule has 6 heteroatoms. The quantitative estimate of drug-likeness (QED) is 0.761. The Balaban J connectivity index is 1.57. The number of ether oxygens (including phenoxy) is 1. The highest BCUT2D eigenvalue weighted by atomic mass is 16.5. The van der Waals surface area contributed by atoms with Crippen LogP contribution in [0.5, 0.6) is 0 Å². The minimum atomic E-state index is -0.0619. The molecular formula is C21H28N4O2. The molecule has 1 aliphatic heterocycles. The van der Waals surface area contributed by atoms with Crippen LogP contribution in [0, 0.1) is 6.92 Å². The van der Waals surface area contributed by atoms with Crippen LogP contribution in [0.3, 0.4) is 0 Å². The highest BCUT2D eigenvalue weighted by Gasteiger charge is 2.19. The first-order valence-corrected chi connectivity index (χ1v) is 9.47. The van der Waals surface area contributed by atoms with E-state index in [9.17, 15) is 4.79 Å². The minimum Gasteiger partial charge on any atom is -0.385 e. The summed E-state index contributed by atoms with van der Waals surface area (Å²) in [4.78, 5) is 21.4. The van der Waals surface area contributed by atoms with E-state index < -0.39 is 0 Å². The topological polar surface area (TPSA) is 57.7 Å². The fourth-order valence-electron chi connectivity index (χ4n) is 3.27. The van der Waals surface area contributed by atoms with E-state index in [1.54, 1.807) is 19.4 Å². The lowest BCUT2D eigenvalue weighted by Crippen LogP contribution is -2.46. The summed E-state index contributed by atoms with van der Waals surface area (Å²) in [6.07, 6.45) is 2.52. The molecule has 1 N–H and O–H groups in total. The molecule has 1 aromatic heterocycles. The zero-order chi connectivity index (χ0) is 19.1. The van der Waals surface area contributed by atoms with Crippen molar-refractivity contribution in [2.75, 3.05) is 56.2 Å². The number of piperazine rings is 1. The number of carbonyl (C=O) groups excluding carboxylic acids is 1. The van der Waals surface area contributed by atoms with Gasteiger partial charge in [0.1, 0.15) is 5.82 Å². The summed E-state index contributed by atoms with van der Waals surface area (Å²) in [5.74, 6) is 0.802. The van der Waals surface area contributed by atoms with E-state index >= 15 is 0 Å². The highest BCUT2D eigenvalue weighted by molar-refractivity contribution is 5.94. The lowest BCUT2D eigenvalue weighted by molar-refractivity contribution is 0.0948. The second kappa shape index (κ2) is 9.37. The Bertz CT molecular complexity index is 757. The van der Waals surface area contributed by atoms with Gasteiger partial charge in [-0.1, -0.05) is 12.1 Å². The van der Waals surface area contributed by atoms with Crippen molar-refractivity contribution in [3.8, 4) is 0 Å². The molecule has 1 fully saturated rings. The van der Waals surface area contributed by atoms with Gasteiger partial charge in [0.2, 0.25) is 0 Å². The van der Waals surface area contributed by atoms with Gasteiger partial charge in [0, 0.05) is 63.9 Å². The Hall–Kier alpha value is -2.60. The van der Waals surface area contributed by atoms with Gasteiger partial charge in [-0.05, 0) is 43.2 Å². The zero-order valence-corrected chi connectivity index (χ0v) is 16.1. The number of aryl methyl sites for hydroxylation is 1. The molecule has 0 saturated carbocycles. The predicted octanol–water partition coefficient (Wildman–Crippen LogP) is 2.48. The first-order chi connectivity index (χ1) is 13.2. The molecule has 2 heterocycles. The van der Waals surface area contributed by atoms with E-state index in [0.717, 1.165) is 38.4 Å². The monoisotopic (exact) mass is 368 g/mol. The Morgan fingerprint density at radius 1 is 1.15 bits per heavy atom. The van der Waals surface area contributed by atoms with Crippen LogP contribution in [0.4, 0.5) is 11.5 Å². The van der Waals surface area contributed by atoms with Gasteiger partial charge in [-0.15, -0.1) is 0 Å². The van der Waals surface area contributed by atoms with Gasteiger partial charge in [0.15, 0.2) is 0 Å². The van der Waals surface area contributed by atoms with E-state index in [2.05, 4.69) is 51.3 Å². The summed E-state index contributed by atoms with van der Waals surface area (Å²) in [6, 6.07) is 12.3. The van der Waals surface area contributed by atoms with E-state index in [4.69, 9.17) is 4.74 Å². The number of hydrogen-bond donors (Lipinski definition) is 1. The third kappa shape index (κ3) is 5.20. The van der Waals surface area contributed by atoms with Crippen molar-refractivity contribution in [3.63, 3.8) is 0 Å². The van der Waals surface area contributed by atoms with E-state index in [0.29, 0.717) is 18.7 Å². The third-order valence-corrected chi connectivity index (χ3v) is 4.79. The van der Waals surface area contributed by atoms with Crippen LogP contribution in [0.1, 0.15) is 22.3 Å². The maximum Gasteiger partial charge on any atom is 0.251 e. The molecule has 1 aromatic carbocycles. The molecule has 0 atom stereocenters. The Labute approximate surface area is 161 Å². The van der Waals surface area contributed by atoms with Crippen molar-refractivity contribution in [2.24, 2.45) is 0 Å². The minimum absolute atomic E-state index is 0.0619. The molecule has 0 aliphatic carbocycles. The summed E-state index contributed by atoms with van der Waals surface area (Å²) in [7, 11) is 1.66. The predicted molar refractivity (Wildman–Crippen MR) is 109 cm³/mol. The third-order valence-electron chi connectivity index (χ3n) is 4.79. The van der Waals surface area contributed by atoms with Gasteiger partial charge in [-0.25, -0.2) is 4.98 Å². The number of carbonyl (C=O) groups is 1. The average Bonchev–Trinajstić information content (AvgIpc) is 2.71. The van der Waals surface area contributed by atoms with Crippen LogP contribution in [0.15, 0.2) is 42.6 Å². The van der Waals surface area contributed by atoms with E-state index in [1.165, 1.54) is 11.3 Å². The molecule has 2 aromatic rings. The smallest absolute Gasteiger partial charge is 0.251 e. The molecule has 1 amide bonds. The Kier molecular flexibility index (Phi) is 6.65. The number of benzene rings is 1. The largest absolute Gasteiger partial charge is 0.385 e. The molecule has 0 bridgehead atoms. The molecule has 27 heavy (non-hydrogen) atoms.